The second-order valence-corrected chi connectivity index (χ2v) is 8.82. The SMILES string of the molecule is Cc1cc(O)cc(OC[C@@H]2S[C@H](CO)[C@@H](O)[C@H](O)[C@H]2O)c1Cc1ccc(N)cc1. The van der Waals surface area contributed by atoms with E-state index in [1.807, 2.05) is 31.2 Å². The van der Waals surface area contributed by atoms with Gasteiger partial charge in [0.1, 0.15) is 24.2 Å². The summed E-state index contributed by atoms with van der Waals surface area (Å²) < 4.78 is 5.94. The highest BCUT2D eigenvalue weighted by molar-refractivity contribution is 8.00. The second-order valence-electron chi connectivity index (χ2n) is 7.34. The molecule has 1 fully saturated rings. The summed E-state index contributed by atoms with van der Waals surface area (Å²) in [6, 6.07) is 10.7. The maximum Gasteiger partial charge on any atom is 0.126 e. The Morgan fingerprint density at radius 2 is 1.66 bits per heavy atom. The zero-order chi connectivity index (χ0) is 21.1. The molecule has 0 spiro atoms. The summed E-state index contributed by atoms with van der Waals surface area (Å²) in [6.07, 6.45) is -3.19. The van der Waals surface area contributed by atoms with E-state index in [1.165, 1.54) is 17.8 Å². The lowest BCUT2D eigenvalue weighted by atomic mass is 9.98. The van der Waals surface area contributed by atoms with Crippen LogP contribution < -0.4 is 10.5 Å². The van der Waals surface area contributed by atoms with Crippen molar-refractivity contribution in [1.29, 1.82) is 0 Å². The molecule has 0 aromatic heterocycles. The molecule has 2 aromatic rings. The number of hydrogen-bond acceptors (Lipinski definition) is 8. The van der Waals surface area contributed by atoms with Gasteiger partial charge in [0.15, 0.2) is 0 Å². The fraction of sp³-hybridized carbons (Fsp3) is 0.429. The molecule has 5 atom stereocenters. The van der Waals surface area contributed by atoms with Gasteiger partial charge in [0, 0.05) is 23.7 Å². The average molecular weight is 422 g/mol. The summed E-state index contributed by atoms with van der Waals surface area (Å²) in [5, 5.41) is 48.5. The Labute approximate surface area is 173 Å². The van der Waals surface area contributed by atoms with Crippen LogP contribution in [0.1, 0.15) is 16.7 Å². The third kappa shape index (κ3) is 4.96. The van der Waals surface area contributed by atoms with Gasteiger partial charge in [-0.1, -0.05) is 12.1 Å². The topological polar surface area (TPSA) is 136 Å². The van der Waals surface area contributed by atoms with Crippen LogP contribution in [-0.2, 0) is 6.42 Å². The smallest absolute Gasteiger partial charge is 0.126 e. The predicted molar refractivity (Wildman–Crippen MR) is 112 cm³/mol. The number of benzene rings is 2. The van der Waals surface area contributed by atoms with Gasteiger partial charge in [-0.2, -0.15) is 0 Å². The van der Waals surface area contributed by atoms with Crippen LogP contribution in [0.2, 0.25) is 0 Å². The van der Waals surface area contributed by atoms with E-state index in [2.05, 4.69) is 0 Å². The molecule has 3 rings (SSSR count). The fourth-order valence-corrected chi connectivity index (χ4v) is 4.78. The van der Waals surface area contributed by atoms with E-state index in [1.54, 1.807) is 6.07 Å². The molecule has 7 nitrogen and oxygen atoms in total. The van der Waals surface area contributed by atoms with Crippen molar-refractivity contribution in [3.8, 4) is 11.5 Å². The van der Waals surface area contributed by atoms with Crippen LogP contribution in [0.15, 0.2) is 36.4 Å². The van der Waals surface area contributed by atoms with Crippen LogP contribution in [0.5, 0.6) is 11.5 Å². The van der Waals surface area contributed by atoms with Crippen molar-refractivity contribution >= 4 is 17.4 Å². The largest absolute Gasteiger partial charge is 0.508 e. The molecule has 158 valence electrons. The van der Waals surface area contributed by atoms with E-state index >= 15 is 0 Å². The molecule has 29 heavy (non-hydrogen) atoms. The number of ether oxygens (including phenoxy) is 1. The summed E-state index contributed by atoms with van der Waals surface area (Å²) in [4.78, 5) is 0. The molecule has 0 amide bonds. The number of rotatable bonds is 6. The number of aryl methyl sites for hydroxylation is 1. The summed E-state index contributed by atoms with van der Waals surface area (Å²) in [5.74, 6) is 0.548. The lowest BCUT2D eigenvalue weighted by Gasteiger charge is -2.39. The Bertz CT molecular complexity index is 829. The van der Waals surface area contributed by atoms with Gasteiger partial charge in [-0.25, -0.2) is 0 Å². The highest BCUT2D eigenvalue weighted by Crippen LogP contribution is 2.35. The standard InChI is InChI=1S/C21H27NO6S/c1-11-6-14(24)8-16(15(11)7-12-2-4-13(22)5-3-12)28-10-18-20(26)21(27)19(25)17(9-23)29-18/h2-6,8,17-21,23-27H,7,9-10,22H2,1H3/t17-,18+,19-,20+,21+/m1/s1. The molecule has 0 bridgehead atoms. The van der Waals surface area contributed by atoms with Crippen LogP contribution in [0.3, 0.4) is 0 Å². The molecule has 1 aliphatic heterocycles. The predicted octanol–water partition coefficient (Wildman–Crippen LogP) is 0.811. The first-order valence-corrected chi connectivity index (χ1v) is 10.3. The second kappa shape index (κ2) is 9.23. The summed E-state index contributed by atoms with van der Waals surface area (Å²) in [5.41, 5.74) is 9.20. The molecule has 1 saturated heterocycles. The van der Waals surface area contributed by atoms with Gasteiger partial charge in [-0.3, -0.25) is 0 Å². The quantitative estimate of drug-likeness (QED) is 0.377. The van der Waals surface area contributed by atoms with Gasteiger partial charge >= 0.3 is 0 Å². The lowest BCUT2D eigenvalue weighted by Crippen LogP contribution is -2.55. The van der Waals surface area contributed by atoms with Crippen LogP contribution >= 0.6 is 11.8 Å². The number of nitrogens with two attached hydrogens (primary N) is 1. The van der Waals surface area contributed by atoms with Gasteiger partial charge in [0.25, 0.3) is 0 Å². The summed E-state index contributed by atoms with van der Waals surface area (Å²) in [6.45, 7) is 1.61. The number of nitrogen functional groups attached to an aromatic ring is 1. The molecule has 7 N–H and O–H groups in total. The van der Waals surface area contributed by atoms with Gasteiger partial charge in [-0.05, 0) is 36.2 Å². The number of hydrogen-bond donors (Lipinski definition) is 6. The maximum absolute atomic E-state index is 10.3. The number of aliphatic hydroxyl groups excluding tert-OH is 4. The molecule has 2 aromatic carbocycles. The van der Waals surface area contributed by atoms with Gasteiger partial charge in [-0.15, -0.1) is 11.8 Å². The van der Waals surface area contributed by atoms with E-state index in [-0.39, 0.29) is 19.0 Å². The number of aliphatic hydroxyl groups is 4. The zero-order valence-corrected chi connectivity index (χ0v) is 16.9. The first kappa shape index (κ1) is 21.7. The van der Waals surface area contributed by atoms with Crippen LogP contribution in [0, 0.1) is 6.92 Å². The number of aromatic hydroxyl groups is 1. The third-order valence-corrected chi connectivity index (χ3v) is 6.71. The van der Waals surface area contributed by atoms with Gasteiger partial charge in [0.2, 0.25) is 0 Å². The Morgan fingerprint density at radius 3 is 2.31 bits per heavy atom. The normalized spacial score (nSPS) is 27.0. The Hall–Kier alpha value is -1.97. The first-order chi connectivity index (χ1) is 13.8. The van der Waals surface area contributed by atoms with E-state index in [0.29, 0.717) is 17.9 Å². The lowest BCUT2D eigenvalue weighted by molar-refractivity contribution is -0.0726. The number of anilines is 1. The highest BCUT2D eigenvalue weighted by atomic mass is 32.2. The molecule has 1 heterocycles. The van der Waals surface area contributed by atoms with Gasteiger partial charge in [0.05, 0.1) is 29.3 Å². The molecule has 8 heteroatoms. The van der Waals surface area contributed by atoms with Crippen LogP contribution in [-0.4, -0.2) is 67.6 Å². The molecular weight excluding hydrogens is 394 g/mol. The van der Waals surface area contributed by atoms with Crippen molar-refractivity contribution in [3.05, 3.63) is 53.1 Å². The van der Waals surface area contributed by atoms with Crippen molar-refractivity contribution in [1.82, 2.24) is 0 Å². The average Bonchev–Trinajstić information content (AvgIpc) is 2.69. The molecular formula is C21H27NO6S. The molecule has 0 radical (unpaired) electrons. The highest BCUT2D eigenvalue weighted by Gasteiger charge is 2.43. The maximum atomic E-state index is 10.3. The minimum absolute atomic E-state index is 0.0454. The third-order valence-electron chi connectivity index (χ3n) is 5.17. The van der Waals surface area contributed by atoms with Crippen molar-refractivity contribution < 1.29 is 30.3 Å². The minimum atomic E-state index is -1.36. The first-order valence-electron chi connectivity index (χ1n) is 9.40. The summed E-state index contributed by atoms with van der Waals surface area (Å²) in [7, 11) is 0. The zero-order valence-electron chi connectivity index (χ0n) is 16.1. The van der Waals surface area contributed by atoms with Crippen molar-refractivity contribution in [3.63, 3.8) is 0 Å². The van der Waals surface area contributed by atoms with Crippen molar-refractivity contribution in [2.75, 3.05) is 18.9 Å². The van der Waals surface area contributed by atoms with E-state index < -0.39 is 28.8 Å². The molecule has 1 aliphatic rings. The number of phenolic OH excluding ortho intramolecular Hbond substituents is 1. The van der Waals surface area contributed by atoms with Crippen molar-refractivity contribution in [2.45, 2.75) is 42.2 Å². The molecule has 0 saturated carbocycles. The van der Waals surface area contributed by atoms with E-state index in [9.17, 15) is 25.5 Å². The number of phenols is 1. The molecule has 0 aliphatic carbocycles. The Balaban J connectivity index is 1.78. The van der Waals surface area contributed by atoms with E-state index in [4.69, 9.17) is 10.5 Å². The van der Waals surface area contributed by atoms with Crippen LogP contribution in [0.4, 0.5) is 5.69 Å². The Kier molecular flexibility index (Phi) is 6.92. The Morgan fingerprint density at radius 1 is 1.00 bits per heavy atom. The van der Waals surface area contributed by atoms with Gasteiger partial charge < -0.3 is 36.0 Å². The molecule has 0 unspecified atom stereocenters. The minimum Gasteiger partial charge on any atom is -0.508 e. The number of thioether (sulfide) groups is 1. The van der Waals surface area contributed by atoms with E-state index in [0.717, 1.165) is 16.7 Å². The monoisotopic (exact) mass is 421 g/mol. The van der Waals surface area contributed by atoms with Crippen LogP contribution in [0.25, 0.3) is 0 Å². The van der Waals surface area contributed by atoms with Crippen molar-refractivity contribution in [2.24, 2.45) is 0 Å². The summed E-state index contributed by atoms with van der Waals surface area (Å²) >= 11 is 1.18. The fourth-order valence-electron chi connectivity index (χ4n) is 3.45.